The Morgan fingerprint density at radius 1 is 0.667 bits per heavy atom. The first-order valence-corrected chi connectivity index (χ1v) is 18.7. The van der Waals surface area contributed by atoms with Gasteiger partial charge in [-0.3, -0.25) is 4.79 Å². The highest BCUT2D eigenvalue weighted by Gasteiger charge is 2.44. The van der Waals surface area contributed by atoms with Crippen LogP contribution in [0.2, 0.25) is 0 Å². The highest BCUT2D eigenvalue weighted by atomic mass is 16.7. The Morgan fingerprint density at radius 3 is 1.58 bits per heavy atom. The molecule has 1 fully saturated rings. The number of nitrogens with one attached hydrogen (secondary N) is 1. The Balaban J connectivity index is 2.42. The Kier molecular flexibility index (Phi) is 26.5. The lowest BCUT2D eigenvalue weighted by Gasteiger charge is -2.40. The minimum absolute atomic E-state index is 0.133. The summed E-state index contributed by atoms with van der Waals surface area (Å²) in [5.41, 5.74) is 0. The number of carbonyl (C=O) groups excluding carboxylic acids is 1. The molecule has 1 amide bonds. The van der Waals surface area contributed by atoms with E-state index in [1.165, 1.54) is 103 Å². The van der Waals surface area contributed by atoms with Gasteiger partial charge in [0.25, 0.3) is 0 Å². The number of aliphatic hydroxyl groups is 5. The number of amides is 1. The van der Waals surface area contributed by atoms with E-state index in [2.05, 4.69) is 19.2 Å². The number of hydrogen-bond donors (Lipinski definition) is 6. The largest absolute Gasteiger partial charge is 0.394 e. The van der Waals surface area contributed by atoms with Crippen LogP contribution in [0.25, 0.3) is 0 Å². The zero-order valence-electron chi connectivity index (χ0n) is 28.9. The van der Waals surface area contributed by atoms with Gasteiger partial charge in [0.15, 0.2) is 6.29 Å². The van der Waals surface area contributed by atoms with Gasteiger partial charge in [0.1, 0.15) is 24.4 Å². The molecule has 0 radical (unpaired) electrons. The van der Waals surface area contributed by atoms with Crippen molar-refractivity contribution >= 4 is 5.91 Å². The molecule has 9 heteroatoms. The Hall–Kier alpha value is -0.810. The summed E-state index contributed by atoms with van der Waals surface area (Å²) in [6.45, 7) is 3.78. The molecule has 7 atom stereocenters. The molecule has 45 heavy (non-hydrogen) atoms. The number of carbonyl (C=O) groups is 1. The molecule has 9 nitrogen and oxygen atoms in total. The van der Waals surface area contributed by atoms with E-state index >= 15 is 0 Å². The van der Waals surface area contributed by atoms with E-state index in [0.717, 1.165) is 38.5 Å². The van der Waals surface area contributed by atoms with Gasteiger partial charge in [-0.15, -0.1) is 0 Å². The van der Waals surface area contributed by atoms with Crippen LogP contribution in [0.3, 0.4) is 0 Å². The van der Waals surface area contributed by atoms with Crippen LogP contribution >= 0.6 is 0 Å². The van der Waals surface area contributed by atoms with Gasteiger partial charge in [0, 0.05) is 6.42 Å². The molecule has 1 aliphatic rings. The molecule has 0 aliphatic carbocycles. The monoisotopic (exact) mass is 646 g/mol. The Morgan fingerprint density at radius 2 is 1.11 bits per heavy atom. The average Bonchev–Trinajstić information content (AvgIpc) is 3.04. The molecule has 2 unspecified atom stereocenters. The van der Waals surface area contributed by atoms with Gasteiger partial charge in [-0.1, -0.05) is 149 Å². The fourth-order valence-corrected chi connectivity index (χ4v) is 6.10. The van der Waals surface area contributed by atoms with Gasteiger partial charge < -0.3 is 40.3 Å². The Bertz CT molecular complexity index is 681. The van der Waals surface area contributed by atoms with Crippen molar-refractivity contribution < 1.29 is 39.8 Å². The maximum atomic E-state index is 12.8. The van der Waals surface area contributed by atoms with Crippen molar-refractivity contribution in [3.8, 4) is 0 Å². The third kappa shape index (κ3) is 20.2. The van der Waals surface area contributed by atoms with Gasteiger partial charge in [0.2, 0.25) is 5.91 Å². The zero-order chi connectivity index (χ0) is 33.1. The van der Waals surface area contributed by atoms with E-state index < -0.39 is 49.5 Å². The predicted octanol–water partition coefficient (Wildman–Crippen LogP) is 6.05. The summed E-state index contributed by atoms with van der Waals surface area (Å²) >= 11 is 0. The summed E-state index contributed by atoms with van der Waals surface area (Å²) in [5.74, 6) is -0.147. The van der Waals surface area contributed by atoms with Gasteiger partial charge in [-0.25, -0.2) is 0 Å². The summed E-state index contributed by atoms with van der Waals surface area (Å²) < 4.78 is 11.2. The van der Waals surface area contributed by atoms with Crippen molar-refractivity contribution in [2.24, 2.45) is 0 Å². The smallest absolute Gasteiger partial charge is 0.220 e. The van der Waals surface area contributed by atoms with Crippen LogP contribution in [0.5, 0.6) is 0 Å². The first kappa shape index (κ1) is 42.2. The van der Waals surface area contributed by atoms with Crippen LogP contribution in [0, 0.1) is 0 Å². The maximum Gasteiger partial charge on any atom is 0.220 e. The van der Waals surface area contributed by atoms with Crippen molar-refractivity contribution in [3.05, 3.63) is 0 Å². The molecule has 0 aromatic rings. The number of unbranched alkanes of at least 4 members (excludes halogenated alkanes) is 20. The second kappa shape index (κ2) is 28.2. The molecule has 0 saturated carbocycles. The molecular formula is C36H71NO8. The van der Waals surface area contributed by atoms with E-state index in [1.807, 2.05) is 0 Å². The van der Waals surface area contributed by atoms with Crippen molar-refractivity contribution in [1.82, 2.24) is 5.32 Å². The molecule has 1 rings (SSSR count). The normalized spacial score (nSPS) is 23.2. The van der Waals surface area contributed by atoms with Crippen molar-refractivity contribution in [1.29, 1.82) is 0 Å². The molecule has 1 saturated heterocycles. The third-order valence-corrected chi connectivity index (χ3v) is 9.21. The molecule has 0 bridgehead atoms. The fourth-order valence-electron chi connectivity index (χ4n) is 6.10. The lowest BCUT2D eigenvalue weighted by Crippen LogP contribution is -2.60. The van der Waals surface area contributed by atoms with E-state index in [0.29, 0.717) is 12.8 Å². The lowest BCUT2D eigenvalue weighted by atomic mass is 9.99. The minimum atomic E-state index is -1.55. The number of ether oxygens (including phenoxy) is 2. The van der Waals surface area contributed by atoms with Crippen LogP contribution in [0.4, 0.5) is 0 Å². The van der Waals surface area contributed by atoms with Gasteiger partial charge in [0.05, 0.1) is 25.4 Å². The SMILES string of the molecule is CCCCCCCCCCCCCCCC(=O)N[C@@H](CO[C@@H]1O[C@H](CO)[C@H](O)C(O)C1O)[C@H](O)CCCCCCCCCCC. The standard InChI is InChI=1S/C36H71NO8/c1-3-5-7-9-11-13-14-15-16-18-20-22-24-26-32(40)37-29(30(39)25-23-21-19-17-12-10-8-6-4-2)28-44-36-35(43)34(42)33(41)31(27-38)45-36/h29-31,33-36,38-39,41-43H,3-28H2,1-2H3,(H,37,40)/t29-,30+,31+,33-,34?,35?,36+/m0/s1. The number of aliphatic hydroxyl groups excluding tert-OH is 5. The van der Waals surface area contributed by atoms with Gasteiger partial charge in [-0.05, 0) is 12.8 Å². The van der Waals surface area contributed by atoms with E-state index in [9.17, 15) is 30.3 Å². The average molecular weight is 646 g/mol. The molecule has 1 aliphatic heterocycles. The van der Waals surface area contributed by atoms with E-state index in [1.54, 1.807) is 0 Å². The third-order valence-electron chi connectivity index (χ3n) is 9.21. The predicted molar refractivity (Wildman–Crippen MR) is 180 cm³/mol. The molecule has 1 heterocycles. The van der Waals surface area contributed by atoms with Crippen molar-refractivity contribution in [2.45, 2.75) is 211 Å². The van der Waals surface area contributed by atoms with Crippen LogP contribution in [-0.4, -0.2) is 87.5 Å². The lowest BCUT2D eigenvalue weighted by molar-refractivity contribution is -0.302. The van der Waals surface area contributed by atoms with Crippen LogP contribution < -0.4 is 5.32 Å². The maximum absolute atomic E-state index is 12.8. The first-order valence-electron chi connectivity index (χ1n) is 18.7. The van der Waals surface area contributed by atoms with Gasteiger partial charge >= 0.3 is 0 Å². The summed E-state index contributed by atoms with van der Waals surface area (Å²) in [5, 5.41) is 53.9. The Labute approximate surface area is 274 Å². The van der Waals surface area contributed by atoms with Crippen LogP contribution in [0.1, 0.15) is 168 Å². The molecule has 0 aromatic carbocycles. The van der Waals surface area contributed by atoms with E-state index in [4.69, 9.17) is 9.47 Å². The first-order chi connectivity index (χ1) is 21.8. The molecule has 0 spiro atoms. The van der Waals surface area contributed by atoms with Gasteiger partial charge in [-0.2, -0.15) is 0 Å². The second-order valence-corrected chi connectivity index (χ2v) is 13.4. The summed E-state index contributed by atoms with van der Waals surface area (Å²) in [4.78, 5) is 12.8. The summed E-state index contributed by atoms with van der Waals surface area (Å²) in [6, 6.07) is -0.708. The van der Waals surface area contributed by atoms with Crippen molar-refractivity contribution in [3.63, 3.8) is 0 Å². The zero-order valence-corrected chi connectivity index (χ0v) is 28.9. The topological polar surface area (TPSA) is 149 Å². The molecular weight excluding hydrogens is 574 g/mol. The van der Waals surface area contributed by atoms with Crippen LogP contribution in [0.15, 0.2) is 0 Å². The quantitative estimate of drug-likeness (QED) is 0.0517. The number of hydrogen-bond acceptors (Lipinski definition) is 8. The van der Waals surface area contributed by atoms with Crippen molar-refractivity contribution in [2.75, 3.05) is 13.2 Å². The summed E-state index contributed by atoms with van der Waals surface area (Å²) in [6.07, 6.45) is 19.7. The number of rotatable bonds is 30. The summed E-state index contributed by atoms with van der Waals surface area (Å²) in [7, 11) is 0. The molecule has 6 N–H and O–H groups in total. The second-order valence-electron chi connectivity index (χ2n) is 13.4. The molecule has 268 valence electrons. The minimum Gasteiger partial charge on any atom is -0.394 e. The highest BCUT2D eigenvalue weighted by molar-refractivity contribution is 5.76. The molecule has 0 aromatic heterocycles. The highest BCUT2D eigenvalue weighted by Crippen LogP contribution is 2.23. The van der Waals surface area contributed by atoms with Crippen LogP contribution in [-0.2, 0) is 14.3 Å². The van der Waals surface area contributed by atoms with E-state index in [-0.39, 0.29) is 12.5 Å². The fraction of sp³-hybridized carbons (Fsp3) is 0.972.